The molecule has 1 fully saturated rings. The summed E-state index contributed by atoms with van der Waals surface area (Å²) in [5.41, 5.74) is 2.85. The number of amides is 3. The molecule has 0 spiro atoms. The predicted octanol–water partition coefficient (Wildman–Crippen LogP) is 1.08. The fraction of sp³-hybridized carbons (Fsp3) is 0.500. The van der Waals surface area contributed by atoms with Crippen LogP contribution >= 0.6 is 0 Å². The summed E-state index contributed by atoms with van der Waals surface area (Å²) in [4.78, 5) is 46.0. The number of hydrogen-bond acceptors (Lipinski definition) is 5. The van der Waals surface area contributed by atoms with E-state index in [0.29, 0.717) is 38.4 Å². The first-order valence-corrected chi connectivity index (χ1v) is 11.5. The highest BCUT2D eigenvalue weighted by atomic mass is 16.2. The van der Waals surface area contributed by atoms with Gasteiger partial charge < -0.3 is 19.6 Å². The summed E-state index contributed by atoms with van der Waals surface area (Å²) in [6.45, 7) is 6.76. The van der Waals surface area contributed by atoms with Crippen molar-refractivity contribution < 1.29 is 14.4 Å². The lowest BCUT2D eigenvalue weighted by Gasteiger charge is -2.33. The molecule has 0 aliphatic carbocycles. The van der Waals surface area contributed by atoms with Gasteiger partial charge in [-0.25, -0.2) is 0 Å². The molecule has 0 unspecified atom stereocenters. The van der Waals surface area contributed by atoms with Crippen molar-refractivity contribution in [1.29, 1.82) is 0 Å². The van der Waals surface area contributed by atoms with E-state index in [0.717, 1.165) is 30.6 Å². The zero-order valence-corrected chi connectivity index (χ0v) is 19.7. The highest BCUT2D eigenvalue weighted by Crippen LogP contribution is 2.18. The monoisotopic (exact) mass is 452 g/mol. The SMILES string of the molecule is Cc1cccc(CN2CCCn3nc(C(=O)N(C)CC(=O)N4CCN(C)CC4)cc3C2=O)c1. The summed E-state index contributed by atoms with van der Waals surface area (Å²) in [5, 5.41) is 4.41. The van der Waals surface area contributed by atoms with Gasteiger partial charge in [-0.05, 0) is 26.0 Å². The van der Waals surface area contributed by atoms with E-state index < -0.39 is 0 Å². The fourth-order valence-electron chi connectivity index (χ4n) is 4.35. The second-order valence-electron chi connectivity index (χ2n) is 9.05. The van der Waals surface area contributed by atoms with Crippen molar-refractivity contribution in [2.75, 3.05) is 53.4 Å². The second-order valence-corrected chi connectivity index (χ2v) is 9.05. The zero-order valence-electron chi connectivity index (χ0n) is 19.7. The Morgan fingerprint density at radius 1 is 1.06 bits per heavy atom. The third-order valence-corrected chi connectivity index (χ3v) is 6.33. The predicted molar refractivity (Wildman–Crippen MR) is 124 cm³/mol. The van der Waals surface area contributed by atoms with Crippen LogP contribution in [0.3, 0.4) is 0 Å². The molecule has 33 heavy (non-hydrogen) atoms. The molecule has 2 aromatic rings. The molecule has 0 saturated carbocycles. The van der Waals surface area contributed by atoms with Crippen LogP contribution < -0.4 is 0 Å². The Balaban J connectivity index is 1.43. The lowest BCUT2D eigenvalue weighted by Crippen LogP contribution is -2.50. The van der Waals surface area contributed by atoms with E-state index in [4.69, 9.17) is 0 Å². The molecular weight excluding hydrogens is 420 g/mol. The molecule has 1 aromatic carbocycles. The van der Waals surface area contributed by atoms with Gasteiger partial charge in [0.15, 0.2) is 5.69 Å². The molecule has 176 valence electrons. The first-order chi connectivity index (χ1) is 15.8. The summed E-state index contributed by atoms with van der Waals surface area (Å²) in [6, 6.07) is 9.69. The van der Waals surface area contributed by atoms with Crippen LogP contribution in [0.1, 0.15) is 38.5 Å². The lowest BCUT2D eigenvalue weighted by molar-refractivity contribution is -0.133. The van der Waals surface area contributed by atoms with E-state index in [1.165, 1.54) is 4.90 Å². The third-order valence-electron chi connectivity index (χ3n) is 6.33. The summed E-state index contributed by atoms with van der Waals surface area (Å²) in [7, 11) is 3.64. The van der Waals surface area contributed by atoms with E-state index in [-0.39, 0.29) is 30.0 Å². The maximum absolute atomic E-state index is 13.2. The number of carbonyl (C=O) groups is 3. The molecule has 3 amide bonds. The Kier molecular flexibility index (Phi) is 6.78. The largest absolute Gasteiger partial charge is 0.339 e. The van der Waals surface area contributed by atoms with Crippen molar-refractivity contribution in [2.45, 2.75) is 26.4 Å². The van der Waals surface area contributed by atoms with Crippen LogP contribution in [0.4, 0.5) is 0 Å². The number of benzene rings is 1. The minimum atomic E-state index is -0.351. The average molecular weight is 453 g/mol. The van der Waals surface area contributed by atoms with Gasteiger partial charge in [0.25, 0.3) is 11.8 Å². The van der Waals surface area contributed by atoms with Crippen molar-refractivity contribution in [3.63, 3.8) is 0 Å². The Morgan fingerprint density at radius 2 is 1.82 bits per heavy atom. The third kappa shape index (κ3) is 5.24. The summed E-state index contributed by atoms with van der Waals surface area (Å²) in [5.74, 6) is -0.548. The quantitative estimate of drug-likeness (QED) is 0.678. The topological polar surface area (TPSA) is 82.0 Å². The first kappa shape index (κ1) is 23.0. The number of aromatic nitrogens is 2. The molecule has 1 aromatic heterocycles. The molecule has 0 radical (unpaired) electrons. The number of rotatable bonds is 5. The highest BCUT2D eigenvalue weighted by molar-refractivity contribution is 5.99. The van der Waals surface area contributed by atoms with Crippen molar-refractivity contribution in [2.24, 2.45) is 0 Å². The smallest absolute Gasteiger partial charge is 0.274 e. The molecule has 0 bridgehead atoms. The van der Waals surface area contributed by atoms with Gasteiger partial charge in [-0.15, -0.1) is 0 Å². The highest BCUT2D eigenvalue weighted by Gasteiger charge is 2.28. The van der Waals surface area contributed by atoms with E-state index in [9.17, 15) is 14.4 Å². The Morgan fingerprint density at radius 3 is 2.55 bits per heavy atom. The molecule has 1 saturated heterocycles. The summed E-state index contributed by atoms with van der Waals surface area (Å²) < 4.78 is 1.63. The molecule has 9 nitrogen and oxygen atoms in total. The van der Waals surface area contributed by atoms with Gasteiger partial charge in [0.1, 0.15) is 5.69 Å². The molecule has 0 atom stereocenters. The van der Waals surface area contributed by atoms with Crippen molar-refractivity contribution in [1.82, 2.24) is 29.4 Å². The van der Waals surface area contributed by atoms with Crippen molar-refractivity contribution in [3.05, 3.63) is 52.8 Å². The Labute approximate surface area is 194 Å². The van der Waals surface area contributed by atoms with Crippen molar-refractivity contribution >= 4 is 17.7 Å². The number of likely N-dealkylation sites (N-methyl/N-ethyl adjacent to an activating group) is 2. The molecule has 2 aliphatic rings. The van der Waals surface area contributed by atoms with Crippen molar-refractivity contribution in [3.8, 4) is 0 Å². The van der Waals surface area contributed by atoms with Crippen LogP contribution in [-0.2, 0) is 17.9 Å². The zero-order chi connectivity index (χ0) is 23.5. The minimum absolute atomic E-state index is 0.00181. The van der Waals surface area contributed by atoms with Gasteiger partial charge in [-0.3, -0.25) is 19.1 Å². The Bertz CT molecular complexity index is 1040. The van der Waals surface area contributed by atoms with Gasteiger partial charge in [0.05, 0.1) is 6.54 Å². The Hall–Kier alpha value is -3.20. The normalized spacial score (nSPS) is 17.0. The van der Waals surface area contributed by atoms with Crippen LogP contribution in [0.5, 0.6) is 0 Å². The summed E-state index contributed by atoms with van der Waals surface area (Å²) in [6.07, 6.45) is 0.762. The second kappa shape index (κ2) is 9.74. The van der Waals surface area contributed by atoms with Gasteiger partial charge in [-0.2, -0.15) is 5.10 Å². The molecule has 0 N–H and O–H groups in total. The van der Waals surface area contributed by atoms with E-state index in [2.05, 4.69) is 16.1 Å². The van der Waals surface area contributed by atoms with Gasteiger partial charge in [0.2, 0.25) is 5.91 Å². The van der Waals surface area contributed by atoms with Crippen LogP contribution in [-0.4, -0.2) is 100 Å². The fourth-order valence-corrected chi connectivity index (χ4v) is 4.35. The van der Waals surface area contributed by atoms with Crippen LogP contribution in [0, 0.1) is 6.92 Å². The van der Waals surface area contributed by atoms with Crippen LogP contribution in [0.15, 0.2) is 30.3 Å². The van der Waals surface area contributed by atoms with E-state index in [1.807, 2.05) is 37.1 Å². The number of nitrogens with zero attached hydrogens (tertiary/aromatic N) is 6. The van der Waals surface area contributed by atoms with E-state index in [1.54, 1.807) is 22.7 Å². The average Bonchev–Trinajstić information content (AvgIpc) is 3.16. The first-order valence-electron chi connectivity index (χ1n) is 11.5. The lowest BCUT2D eigenvalue weighted by atomic mass is 10.1. The van der Waals surface area contributed by atoms with E-state index >= 15 is 0 Å². The van der Waals surface area contributed by atoms with Crippen LogP contribution in [0.2, 0.25) is 0 Å². The molecule has 3 heterocycles. The maximum atomic E-state index is 13.2. The molecular formula is C24H32N6O3. The van der Waals surface area contributed by atoms with Gasteiger partial charge in [0, 0.05) is 58.9 Å². The maximum Gasteiger partial charge on any atom is 0.274 e. The number of carbonyl (C=O) groups excluding carboxylic acids is 3. The van der Waals surface area contributed by atoms with Crippen LogP contribution in [0.25, 0.3) is 0 Å². The number of fused-ring (bicyclic) bond motifs is 1. The molecule has 4 rings (SSSR count). The standard InChI is InChI=1S/C24H32N6O3/c1-18-6-4-7-19(14-18)16-29-8-5-9-30-21(24(29)33)15-20(25-30)23(32)27(3)17-22(31)28-12-10-26(2)11-13-28/h4,6-7,14-15H,5,8-13,16-17H2,1-3H3. The molecule has 2 aliphatic heterocycles. The number of aryl methyl sites for hydroxylation is 2. The number of hydrogen-bond donors (Lipinski definition) is 0. The molecule has 9 heteroatoms. The van der Waals surface area contributed by atoms with Gasteiger partial charge >= 0.3 is 0 Å². The minimum Gasteiger partial charge on any atom is -0.339 e. The van der Waals surface area contributed by atoms with Gasteiger partial charge in [-0.1, -0.05) is 29.8 Å². The summed E-state index contributed by atoms with van der Waals surface area (Å²) >= 11 is 0. The number of piperazine rings is 1.